The zero-order chi connectivity index (χ0) is 21.0. The normalized spacial score (nSPS) is 10.6. The topological polar surface area (TPSA) is 49.4 Å². The Morgan fingerprint density at radius 1 is 1.03 bits per heavy atom. The summed E-state index contributed by atoms with van der Waals surface area (Å²) < 4.78 is 27.4. The monoisotopic (exact) mass is 434 g/mol. The van der Waals surface area contributed by atoms with Crippen LogP contribution in [0.5, 0.6) is 0 Å². The third kappa shape index (κ3) is 4.99. The molecule has 8 heteroatoms. The number of nitrogens with one attached hydrogen (secondary N) is 1. The average Bonchev–Trinajstić information content (AvgIpc) is 3.19. The van der Waals surface area contributed by atoms with Gasteiger partial charge in [0, 0.05) is 16.4 Å². The first-order chi connectivity index (χ1) is 13.9. The molecule has 0 saturated heterocycles. The first-order valence-electron chi connectivity index (χ1n) is 8.78. The first-order valence-corrected chi connectivity index (χ1v) is 9.97. The lowest BCUT2D eigenvalue weighted by Crippen LogP contribution is -2.37. The highest BCUT2D eigenvalue weighted by molar-refractivity contribution is 7.17. The summed E-state index contributed by atoms with van der Waals surface area (Å²) in [5.41, 5.74) is 0.399. The Labute approximate surface area is 175 Å². The maximum absolute atomic E-state index is 13.7. The van der Waals surface area contributed by atoms with Gasteiger partial charge >= 0.3 is 0 Å². The van der Waals surface area contributed by atoms with E-state index in [0.717, 1.165) is 22.6 Å². The minimum absolute atomic E-state index is 0.264. The summed E-state index contributed by atoms with van der Waals surface area (Å²) in [7, 11) is 0. The Hall–Kier alpha value is -2.77. The maximum atomic E-state index is 13.7. The van der Waals surface area contributed by atoms with Crippen molar-refractivity contribution in [2.75, 3.05) is 18.4 Å². The van der Waals surface area contributed by atoms with E-state index < -0.39 is 23.2 Å². The summed E-state index contributed by atoms with van der Waals surface area (Å²) in [6, 6.07) is 14.1. The average molecular weight is 435 g/mol. The summed E-state index contributed by atoms with van der Waals surface area (Å²) in [5, 5.41) is 2.82. The molecule has 0 aliphatic heterocycles. The molecule has 1 aromatic heterocycles. The molecule has 0 radical (unpaired) electrons. The van der Waals surface area contributed by atoms with Gasteiger partial charge in [0.1, 0.15) is 23.9 Å². The van der Waals surface area contributed by atoms with Crippen LogP contribution in [0.15, 0.2) is 54.6 Å². The number of anilines is 1. The molecule has 29 heavy (non-hydrogen) atoms. The number of halogens is 3. The van der Waals surface area contributed by atoms with Crippen LogP contribution in [-0.4, -0.2) is 29.8 Å². The summed E-state index contributed by atoms with van der Waals surface area (Å²) >= 11 is 7.19. The van der Waals surface area contributed by atoms with Crippen molar-refractivity contribution >= 4 is 40.4 Å². The van der Waals surface area contributed by atoms with E-state index in [1.54, 1.807) is 25.1 Å². The summed E-state index contributed by atoms with van der Waals surface area (Å²) in [5.74, 6) is -2.77. The Morgan fingerprint density at radius 3 is 2.31 bits per heavy atom. The highest BCUT2D eigenvalue weighted by atomic mass is 35.5. The SMILES string of the molecule is CCN(CC(=O)Nc1c(F)cccc1F)C(=O)c1ccc(-c2ccc(Cl)cc2)s1. The van der Waals surface area contributed by atoms with E-state index in [1.807, 2.05) is 18.2 Å². The lowest BCUT2D eigenvalue weighted by atomic mass is 10.2. The molecular weight excluding hydrogens is 418 g/mol. The molecule has 0 fully saturated rings. The van der Waals surface area contributed by atoms with Crippen LogP contribution in [0.2, 0.25) is 5.02 Å². The Morgan fingerprint density at radius 2 is 1.69 bits per heavy atom. The number of hydrogen-bond acceptors (Lipinski definition) is 3. The van der Waals surface area contributed by atoms with Gasteiger partial charge in [-0.25, -0.2) is 8.78 Å². The van der Waals surface area contributed by atoms with E-state index >= 15 is 0 Å². The van der Waals surface area contributed by atoms with Gasteiger partial charge in [-0.05, 0) is 48.9 Å². The molecule has 4 nitrogen and oxygen atoms in total. The number of nitrogens with zero attached hydrogens (tertiary/aromatic N) is 1. The predicted octanol–water partition coefficient (Wildman–Crippen LogP) is 5.45. The molecule has 2 amide bonds. The summed E-state index contributed by atoms with van der Waals surface area (Å²) in [4.78, 5) is 27.7. The van der Waals surface area contributed by atoms with Crippen molar-refractivity contribution in [2.45, 2.75) is 6.92 Å². The second-order valence-electron chi connectivity index (χ2n) is 6.13. The Balaban J connectivity index is 1.70. The fourth-order valence-electron chi connectivity index (χ4n) is 2.67. The van der Waals surface area contributed by atoms with E-state index in [0.29, 0.717) is 9.90 Å². The molecule has 2 aromatic carbocycles. The number of likely N-dealkylation sites (N-methyl/N-ethyl adjacent to an activating group) is 1. The minimum atomic E-state index is -0.876. The minimum Gasteiger partial charge on any atom is -0.329 e. The zero-order valence-electron chi connectivity index (χ0n) is 15.4. The van der Waals surface area contributed by atoms with Crippen LogP contribution in [-0.2, 0) is 4.79 Å². The van der Waals surface area contributed by atoms with Crippen LogP contribution < -0.4 is 5.32 Å². The molecule has 3 rings (SSSR count). The molecule has 0 spiro atoms. The fourth-order valence-corrected chi connectivity index (χ4v) is 3.78. The van der Waals surface area contributed by atoms with E-state index in [-0.39, 0.29) is 19.0 Å². The molecule has 0 saturated carbocycles. The Kier molecular flexibility index (Phi) is 6.61. The predicted molar refractivity (Wildman–Crippen MR) is 111 cm³/mol. The highest BCUT2D eigenvalue weighted by Gasteiger charge is 2.21. The van der Waals surface area contributed by atoms with Crippen molar-refractivity contribution in [2.24, 2.45) is 0 Å². The van der Waals surface area contributed by atoms with Crippen LogP contribution in [0.1, 0.15) is 16.6 Å². The van der Waals surface area contributed by atoms with Gasteiger partial charge in [-0.3, -0.25) is 9.59 Å². The molecule has 0 aliphatic carbocycles. The van der Waals surface area contributed by atoms with Crippen molar-refractivity contribution in [3.05, 3.63) is 76.1 Å². The fraction of sp³-hybridized carbons (Fsp3) is 0.143. The number of thiophene rings is 1. The van der Waals surface area contributed by atoms with Gasteiger partial charge in [0.15, 0.2) is 0 Å². The molecule has 0 unspecified atom stereocenters. The van der Waals surface area contributed by atoms with Gasteiger partial charge in [-0.15, -0.1) is 11.3 Å². The van der Waals surface area contributed by atoms with Gasteiger partial charge in [-0.1, -0.05) is 29.8 Å². The standard InChI is InChI=1S/C21H17ClF2N2O2S/c1-2-26(12-19(27)25-20-15(23)4-3-5-16(20)24)21(28)18-11-10-17(29-18)13-6-8-14(22)9-7-13/h3-11H,2,12H2,1H3,(H,25,27). The van der Waals surface area contributed by atoms with Crippen LogP contribution in [0, 0.1) is 11.6 Å². The second-order valence-corrected chi connectivity index (χ2v) is 7.66. The smallest absolute Gasteiger partial charge is 0.264 e. The maximum Gasteiger partial charge on any atom is 0.264 e. The summed E-state index contributed by atoms with van der Waals surface area (Å²) in [6.45, 7) is 1.67. The van der Waals surface area contributed by atoms with Gasteiger partial charge in [0.25, 0.3) is 5.91 Å². The highest BCUT2D eigenvalue weighted by Crippen LogP contribution is 2.29. The zero-order valence-corrected chi connectivity index (χ0v) is 17.0. The molecule has 0 atom stereocenters. The number of rotatable bonds is 6. The third-order valence-corrected chi connectivity index (χ3v) is 5.55. The lowest BCUT2D eigenvalue weighted by molar-refractivity contribution is -0.116. The van der Waals surface area contributed by atoms with Crippen molar-refractivity contribution in [1.29, 1.82) is 0 Å². The van der Waals surface area contributed by atoms with E-state index in [4.69, 9.17) is 11.6 Å². The van der Waals surface area contributed by atoms with Gasteiger partial charge in [-0.2, -0.15) is 0 Å². The van der Waals surface area contributed by atoms with Crippen LogP contribution >= 0.6 is 22.9 Å². The van der Waals surface area contributed by atoms with Gasteiger partial charge < -0.3 is 10.2 Å². The second kappa shape index (κ2) is 9.15. The number of amides is 2. The quantitative estimate of drug-likeness (QED) is 0.561. The van der Waals surface area contributed by atoms with Gasteiger partial charge in [0.05, 0.1) is 4.88 Å². The molecular formula is C21H17ClF2N2O2S. The molecule has 0 aliphatic rings. The summed E-state index contributed by atoms with van der Waals surface area (Å²) in [6.07, 6.45) is 0. The number of carbonyl (C=O) groups excluding carboxylic acids is 2. The number of para-hydroxylation sites is 1. The van der Waals surface area contributed by atoms with Crippen LogP contribution in [0.25, 0.3) is 10.4 Å². The van der Waals surface area contributed by atoms with E-state index in [9.17, 15) is 18.4 Å². The van der Waals surface area contributed by atoms with Crippen molar-refractivity contribution < 1.29 is 18.4 Å². The lowest BCUT2D eigenvalue weighted by Gasteiger charge is -2.19. The molecule has 1 N–H and O–H groups in total. The molecule has 1 heterocycles. The number of hydrogen-bond donors (Lipinski definition) is 1. The van der Waals surface area contributed by atoms with Crippen molar-refractivity contribution in [1.82, 2.24) is 4.90 Å². The van der Waals surface area contributed by atoms with Gasteiger partial charge in [0.2, 0.25) is 5.91 Å². The Bertz CT molecular complexity index is 1020. The number of carbonyl (C=O) groups is 2. The first kappa shape index (κ1) is 21.0. The van der Waals surface area contributed by atoms with E-state index in [2.05, 4.69) is 5.32 Å². The van der Waals surface area contributed by atoms with E-state index in [1.165, 1.54) is 22.3 Å². The number of benzene rings is 2. The van der Waals surface area contributed by atoms with Crippen LogP contribution in [0.4, 0.5) is 14.5 Å². The molecule has 150 valence electrons. The largest absolute Gasteiger partial charge is 0.329 e. The van der Waals surface area contributed by atoms with Crippen molar-refractivity contribution in [3.63, 3.8) is 0 Å². The van der Waals surface area contributed by atoms with Crippen LogP contribution in [0.3, 0.4) is 0 Å². The van der Waals surface area contributed by atoms with Crippen molar-refractivity contribution in [3.8, 4) is 10.4 Å². The third-order valence-electron chi connectivity index (χ3n) is 4.18. The molecule has 0 bridgehead atoms. The molecule has 3 aromatic rings.